The van der Waals surface area contributed by atoms with Gasteiger partial charge in [0, 0.05) is 11.1 Å². The van der Waals surface area contributed by atoms with E-state index in [0.717, 1.165) is 0 Å². The molecule has 0 aliphatic heterocycles. The molecule has 0 rings (SSSR count). The van der Waals surface area contributed by atoms with Gasteiger partial charge < -0.3 is 20.1 Å². The van der Waals surface area contributed by atoms with Gasteiger partial charge in [-0.2, -0.15) is 0 Å². The van der Waals surface area contributed by atoms with Crippen LogP contribution in [0.1, 0.15) is 13.8 Å². The first-order valence-corrected chi connectivity index (χ1v) is 6.47. The number of rotatable bonds is 8. The highest BCUT2D eigenvalue weighted by molar-refractivity contribution is 6.35. The van der Waals surface area contributed by atoms with Crippen LogP contribution in [0.25, 0.3) is 0 Å². The van der Waals surface area contributed by atoms with E-state index in [1.54, 1.807) is 0 Å². The third-order valence-electron chi connectivity index (χ3n) is 2.14. The van der Waals surface area contributed by atoms with Gasteiger partial charge in [-0.25, -0.2) is 9.59 Å². The van der Waals surface area contributed by atoms with Crippen LogP contribution in [0.3, 0.4) is 0 Å². The summed E-state index contributed by atoms with van der Waals surface area (Å²) in [5.41, 5.74) is 0.488. The standard InChI is InChI=1S/C14H20N2O6/c1-9(2)13(19)21-7-5-15-11(17)12(18)16-6-8-22-14(20)10(3)4/h1,3,5-8H2,2,4H3,(H,15,17)(H,16,18). The number of hydrogen-bond acceptors (Lipinski definition) is 6. The summed E-state index contributed by atoms with van der Waals surface area (Å²) in [4.78, 5) is 44.8. The summed E-state index contributed by atoms with van der Waals surface area (Å²) in [5, 5.41) is 4.53. The summed E-state index contributed by atoms with van der Waals surface area (Å²) in [6.45, 7) is 9.63. The zero-order valence-electron chi connectivity index (χ0n) is 12.7. The molecule has 2 N–H and O–H groups in total. The molecule has 22 heavy (non-hydrogen) atoms. The summed E-state index contributed by atoms with van der Waals surface area (Å²) in [6, 6.07) is 0. The van der Waals surface area contributed by atoms with Crippen molar-refractivity contribution in [3.8, 4) is 0 Å². The predicted molar refractivity (Wildman–Crippen MR) is 77.6 cm³/mol. The van der Waals surface area contributed by atoms with Gasteiger partial charge in [-0.3, -0.25) is 9.59 Å². The first-order valence-electron chi connectivity index (χ1n) is 6.47. The number of esters is 2. The smallest absolute Gasteiger partial charge is 0.333 e. The molecule has 2 amide bonds. The van der Waals surface area contributed by atoms with E-state index in [1.807, 2.05) is 0 Å². The topological polar surface area (TPSA) is 111 Å². The summed E-state index contributed by atoms with van der Waals surface area (Å²) in [7, 11) is 0. The Bertz CT molecular complexity index is 440. The van der Waals surface area contributed by atoms with E-state index in [-0.39, 0.29) is 37.4 Å². The zero-order valence-corrected chi connectivity index (χ0v) is 12.7. The lowest BCUT2D eigenvalue weighted by molar-refractivity contribution is -0.142. The van der Waals surface area contributed by atoms with Gasteiger partial charge in [0.25, 0.3) is 0 Å². The summed E-state index contributed by atoms with van der Waals surface area (Å²) in [5.74, 6) is -2.90. The van der Waals surface area contributed by atoms with Crippen molar-refractivity contribution in [3.63, 3.8) is 0 Å². The number of ether oxygens (including phenoxy) is 2. The Hall–Kier alpha value is -2.64. The highest BCUT2D eigenvalue weighted by Gasteiger charge is 2.13. The van der Waals surface area contributed by atoms with Crippen LogP contribution in [0.2, 0.25) is 0 Å². The van der Waals surface area contributed by atoms with Crippen molar-refractivity contribution in [2.24, 2.45) is 0 Å². The van der Waals surface area contributed by atoms with Crippen molar-refractivity contribution in [2.45, 2.75) is 13.8 Å². The van der Waals surface area contributed by atoms with Gasteiger partial charge in [0.2, 0.25) is 0 Å². The summed E-state index contributed by atoms with van der Waals surface area (Å²) >= 11 is 0. The van der Waals surface area contributed by atoms with Gasteiger partial charge in [-0.1, -0.05) is 13.2 Å². The number of carbonyl (C=O) groups is 4. The quantitative estimate of drug-likeness (QED) is 0.269. The normalized spacial score (nSPS) is 9.36. The minimum atomic E-state index is -0.877. The molecule has 0 radical (unpaired) electrons. The van der Waals surface area contributed by atoms with E-state index in [9.17, 15) is 19.2 Å². The molecule has 0 atom stereocenters. The van der Waals surface area contributed by atoms with Crippen LogP contribution in [0.15, 0.2) is 24.3 Å². The van der Waals surface area contributed by atoms with Crippen molar-refractivity contribution < 1.29 is 28.7 Å². The van der Waals surface area contributed by atoms with E-state index in [2.05, 4.69) is 23.8 Å². The third-order valence-corrected chi connectivity index (χ3v) is 2.14. The zero-order chi connectivity index (χ0) is 17.1. The van der Waals surface area contributed by atoms with Crippen molar-refractivity contribution in [1.82, 2.24) is 10.6 Å². The van der Waals surface area contributed by atoms with Crippen molar-refractivity contribution in [1.29, 1.82) is 0 Å². The second-order valence-electron chi connectivity index (χ2n) is 4.34. The molecule has 0 aliphatic carbocycles. The SMILES string of the molecule is C=C(C)C(=O)OCCNC(=O)C(=O)NCCOC(=O)C(=C)C. The molecule has 0 fully saturated rings. The van der Waals surface area contributed by atoms with Crippen molar-refractivity contribution in [2.75, 3.05) is 26.3 Å². The molecule has 0 bridgehead atoms. The molecular formula is C14H20N2O6. The largest absolute Gasteiger partial charge is 0.460 e. The molecule has 122 valence electrons. The maximum Gasteiger partial charge on any atom is 0.333 e. The molecular weight excluding hydrogens is 292 g/mol. The third kappa shape index (κ3) is 8.51. The van der Waals surface area contributed by atoms with E-state index in [4.69, 9.17) is 9.47 Å². The second kappa shape index (κ2) is 10.1. The van der Waals surface area contributed by atoms with Crippen LogP contribution < -0.4 is 10.6 Å². The lowest BCUT2D eigenvalue weighted by atomic mass is 10.4. The number of amides is 2. The van der Waals surface area contributed by atoms with E-state index in [0.29, 0.717) is 0 Å². The van der Waals surface area contributed by atoms with Crippen LogP contribution in [0, 0.1) is 0 Å². The highest BCUT2D eigenvalue weighted by atomic mass is 16.5. The second-order valence-corrected chi connectivity index (χ2v) is 4.34. The van der Waals surface area contributed by atoms with Crippen LogP contribution >= 0.6 is 0 Å². The predicted octanol–water partition coefficient (Wildman–Crippen LogP) is -0.543. The average Bonchev–Trinajstić information content (AvgIpc) is 2.46. The first kappa shape index (κ1) is 19.4. The first-order chi connectivity index (χ1) is 10.3. The highest BCUT2D eigenvalue weighted by Crippen LogP contribution is 1.91. The Morgan fingerprint density at radius 1 is 0.773 bits per heavy atom. The number of hydrogen-bond donors (Lipinski definition) is 2. The Morgan fingerprint density at radius 2 is 1.09 bits per heavy atom. The van der Waals surface area contributed by atoms with E-state index >= 15 is 0 Å². The van der Waals surface area contributed by atoms with Crippen molar-refractivity contribution in [3.05, 3.63) is 24.3 Å². The Labute approximate surface area is 128 Å². The molecule has 8 nitrogen and oxygen atoms in total. The Balaban J connectivity index is 3.78. The monoisotopic (exact) mass is 312 g/mol. The van der Waals surface area contributed by atoms with Gasteiger partial charge in [0.05, 0.1) is 13.1 Å². The van der Waals surface area contributed by atoms with E-state index < -0.39 is 23.8 Å². The van der Waals surface area contributed by atoms with Crippen LogP contribution in [0.4, 0.5) is 0 Å². The van der Waals surface area contributed by atoms with Crippen molar-refractivity contribution >= 4 is 23.8 Å². The molecule has 0 spiro atoms. The molecule has 0 aromatic rings. The maximum atomic E-state index is 11.4. The molecule has 0 saturated carbocycles. The number of nitrogens with one attached hydrogen (secondary N) is 2. The van der Waals surface area contributed by atoms with Crippen LogP contribution in [-0.2, 0) is 28.7 Å². The lowest BCUT2D eigenvalue weighted by Gasteiger charge is -2.08. The number of carbonyl (C=O) groups excluding carboxylic acids is 4. The fourth-order valence-corrected chi connectivity index (χ4v) is 1.02. The fourth-order valence-electron chi connectivity index (χ4n) is 1.02. The van der Waals surface area contributed by atoms with Gasteiger partial charge >= 0.3 is 23.8 Å². The van der Waals surface area contributed by atoms with Gasteiger partial charge in [0.1, 0.15) is 13.2 Å². The molecule has 0 unspecified atom stereocenters. The van der Waals surface area contributed by atoms with Gasteiger partial charge in [-0.05, 0) is 13.8 Å². The van der Waals surface area contributed by atoms with Crippen LogP contribution in [-0.4, -0.2) is 50.1 Å². The van der Waals surface area contributed by atoms with Crippen LogP contribution in [0.5, 0.6) is 0 Å². The summed E-state index contributed by atoms with van der Waals surface area (Å²) in [6.07, 6.45) is 0. The molecule has 0 saturated heterocycles. The minimum Gasteiger partial charge on any atom is -0.460 e. The van der Waals surface area contributed by atoms with Gasteiger partial charge in [-0.15, -0.1) is 0 Å². The molecule has 0 heterocycles. The Kier molecular flexibility index (Phi) is 8.92. The van der Waals surface area contributed by atoms with Gasteiger partial charge in [0.15, 0.2) is 0 Å². The molecule has 0 aromatic heterocycles. The molecule has 0 aliphatic rings. The molecule has 0 aromatic carbocycles. The maximum absolute atomic E-state index is 11.4. The summed E-state index contributed by atoms with van der Waals surface area (Å²) < 4.78 is 9.46. The molecule has 8 heteroatoms. The average molecular weight is 312 g/mol. The van der Waals surface area contributed by atoms with E-state index in [1.165, 1.54) is 13.8 Å². The Morgan fingerprint density at radius 3 is 1.36 bits per heavy atom. The minimum absolute atomic E-state index is 0.00405. The fraction of sp³-hybridized carbons (Fsp3) is 0.429. The lowest BCUT2D eigenvalue weighted by Crippen LogP contribution is -2.42.